The molecule has 116 valence electrons. The number of carbonyl (C=O) groups excluding carboxylic acids is 1. The highest BCUT2D eigenvalue weighted by Gasteiger charge is 2.26. The quantitative estimate of drug-likeness (QED) is 0.835. The van der Waals surface area contributed by atoms with Gasteiger partial charge in [0.1, 0.15) is 5.56 Å². The Hall–Kier alpha value is -1.66. The van der Waals surface area contributed by atoms with Crippen molar-refractivity contribution < 1.29 is 9.90 Å². The lowest BCUT2D eigenvalue weighted by Gasteiger charge is -2.37. The lowest BCUT2D eigenvalue weighted by molar-refractivity contribution is 0.0178. The van der Waals surface area contributed by atoms with E-state index in [0.29, 0.717) is 32.7 Å². The lowest BCUT2D eigenvalue weighted by atomic mass is 10.1. The van der Waals surface area contributed by atoms with Gasteiger partial charge in [0, 0.05) is 38.4 Å². The van der Waals surface area contributed by atoms with Gasteiger partial charge in [0.05, 0.1) is 5.60 Å². The standard InChI is InChI=1S/C15H23N3O3/c1-11-4-5-12(13(19)16-11)14(20)18-8-6-17(7-9-18)10-15(2,3)21/h4-5,21H,6-10H2,1-3H3,(H,16,19). The van der Waals surface area contributed by atoms with Gasteiger partial charge in [0.25, 0.3) is 11.5 Å². The molecule has 1 saturated heterocycles. The molecule has 0 spiro atoms. The normalized spacial score (nSPS) is 17.0. The molecule has 1 aromatic heterocycles. The second-order valence-corrected chi connectivity index (χ2v) is 6.26. The maximum Gasteiger partial charge on any atom is 0.260 e. The predicted octanol–water partition coefficient (Wildman–Crippen LogP) is 0.212. The predicted molar refractivity (Wildman–Crippen MR) is 80.4 cm³/mol. The highest BCUT2D eigenvalue weighted by atomic mass is 16.3. The first kappa shape index (κ1) is 15.7. The molecule has 0 aromatic carbocycles. The number of aliphatic hydroxyl groups is 1. The molecule has 1 amide bonds. The number of hydrogen-bond acceptors (Lipinski definition) is 4. The summed E-state index contributed by atoms with van der Waals surface area (Å²) in [5.74, 6) is -0.223. The summed E-state index contributed by atoms with van der Waals surface area (Å²) < 4.78 is 0. The van der Waals surface area contributed by atoms with Crippen molar-refractivity contribution in [1.29, 1.82) is 0 Å². The maximum absolute atomic E-state index is 12.4. The van der Waals surface area contributed by atoms with E-state index in [1.54, 1.807) is 37.8 Å². The Labute approximate surface area is 124 Å². The monoisotopic (exact) mass is 293 g/mol. The van der Waals surface area contributed by atoms with Gasteiger partial charge >= 0.3 is 0 Å². The van der Waals surface area contributed by atoms with Gasteiger partial charge in [-0.25, -0.2) is 0 Å². The van der Waals surface area contributed by atoms with Gasteiger partial charge in [-0.3, -0.25) is 14.5 Å². The van der Waals surface area contributed by atoms with Crippen molar-refractivity contribution in [2.24, 2.45) is 0 Å². The first-order chi connectivity index (χ1) is 9.76. The molecular formula is C15H23N3O3. The summed E-state index contributed by atoms with van der Waals surface area (Å²) in [5, 5.41) is 9.82. The molecule has 0 saturated carbocycles. The van der Waals surface area contributed by atoms with Crippen molar-refractivity contribution in [2.45, 2.75) is 26.4 Å². The summed E-state index contributed by atoms with van der Waals surface area (Å²) in [4.78, 5) is 30.7. The zero-order valence-corrected chi connectivity index (χ0v) is 12.8. The van der Waals surface area contributed by atoms with Crippen LogP contribution < -0.4 is 5.56 Å². The summed E-state index contributed by atoms with van der Waals surface area (Å²) in [6.07, 6.45) is 0. The van der Waals surface area contributed by atoms with Crippen molar-refractivity contribution in [3.63, 3.8) is 0 Å². The number of nitrogens with one attached hydrogen (secondary N) is 1. The first-order valence-electron chi connectivity index (χ1n) is 7.20. The summed E-state index contributed by atoms with van der Waals surface area (Å²) in [7, 11) is 0. The van der Waals surface area contributed by atoms with E-state index in [0.717, 1.165) is 5.69 Å². The fourth-order valence-electron chi connectivity index (χ4n) is 2.57. The molecule has 1 fully saturated rings. The number of pyridine rings is 1. The average molecular weight is 293 g/mol. The Balaban J connectivity index is 1.99. The number of aryl methyl sites for hydroxylation is 1. The van der Waals surface area contributed by atoms with Crippen LogP contribution in [0.3, 0.4) is 0 Å². The largest absolute Gasteiger partial charge is 0.389 e. The third-order valence-electron chi connectivity index (χ3n) is 3.56. The number of β-amino-alcohol motifs (C(OH)–C–C–N with tert-alkyl or cyclic N) is 1. The average Bonchev–Trinajstić information content (AvgIpc) is 2.37. The van der Waals surface area contributed by atoms with E-state index in [-0.39, 0.29) is 17.0 Å². The molecule has 1 aliphatic heterocycles. The topological polar surface area (TPSA) is 76.6 Å². The van der Waals surface area contributed by atoms with Crippen LogP contribution in [0.2, 0.25) is 0 Å². The molecule has 21 heavy (non-hydrogen) atoms. The van der Waals surface area contributed by atoms with Gasteiger partial charge in [-0.2, -0.15) is 0 Å². The van der Waals surface area contributed by atoms with Crippen LogP contribution in [0.4, 0.5) is 0 Å². The number of H-pyrrole nitrogens is 1. The van der Waals surface area contributed by atoms with E-state index in [9.17, 15) is 14.7 Å². The van der Waals surface area contributed by atoms with Crippen LogP contribution in [0.25, 0.3) is 0 Å². The number of rotatable bonds is 3. The number of carbonyl (C=O) groups is 1. The number of aromatic nitrogens is 1. The van der Waals surface area contributed by atoms with Crippen molar-refractivity contribution in [3.8, 4) is 0 Å². The third kappa shape index (κ3) is 4.15. The molecule has 0 unspecified atom stereocenters. The highest BCUT2D eigenvalue weighted by molar-refractivity contribution is 5.93. The second kappa shape index (κ2) is 5.99. The molecule has 2 rings (SSSR count). The van der Waals surface area contributed by atoms with Crippen molar-refractivity contribution >= 4 is 5.91 Å². The SMILES string of the molecule is Cc1ccc(C(=O)N2CCN(CC(C)(C)O)CC2)c(=O)[nH]1. The molecule has 1 aliphatic rings. The van der Waals surface area contributed by atoms with Crippen molar-refractivity contribution in [2.75, 3.05) is 32.7 Å². The summed E-state index contributed by atoms with van der Waals surface area (Å²) in [6.45, 7) is 8.47. The van der Waals surface area contributed by atoms with E-state index < -0.39 is 5.60 Å². The fourth-order valence-corrected chi connectivity index (χ4v) is 2.57. The van der Waals surface area contributed by atoms with Gasteiger partial charge in [0.15, 0.2) is 0 Å². The van der Waals surface area contributed by atoms with Crippen LogP contribution in [-0.2, 0) is 0 Å². The van der Waals surface area contributed by atoms with E-state index in [4.69, 9.17) is 0 Å². The fraction of sp³-hybridized carbons (Fsp3) is 0.600. The Morgan fingerprint density at radius 2 is 1.90 bits per heavy atom. The van der Waals surface area contributed by atoms with Crippen molar-refractivity contribution in [3.05, 3.63) is 33.7 Å². The lowest BCUT2D eigenvalue weighted by Crippen LogP contribution is -2.52. The molecule has 0 atom stereocenters. The van der Waals surface area contributed by atoms with Crippen LogP contribution in [0.5, 0.6) is 0 Å². The number of amides is 1. The molecule has 0 aliphatic carbocycles. The Morgan fingerprint density at radius 3 is 2.43 bits per heavy atom. The molecule has 2 N–H and O–H groups in total. The van der Waals surface area contributed by atoms with Gasteiger partial charge in [-0.05, 0) is 32.9 Å². The number of hydrogen-bond donors (Lipinski definition) is 2. The zero-order chi connectivity index (χ0) is 15.6. The molecule has 6 nitrogen and oxygen atoms in total. The summed E-state index contributed by atoms with van der Waals surface area (Å²) in [6, 6.07) is 3.32. The minimum atomic E-state index is -0.736. The number of nitrogens with zero attached hydrogens (tertiary/aromatic N) is 2. The van der Waals surface area contributed by atoms with Gasteiger partial charge in [-0.15, -0.1) is 0 Å². The Morgan fingerprint density at radius 1 is 1.29 bits per heavy atom. The van der Waals surface area contributed by atoms with Gasteiger partial charge < -0.3 is 15.0 Å². The zero-order valence-electron chi connectivity index (χ0n) is 12.8. The minimum Gasteiger partial charge on any atom is -0.389 e. The second-order valence-electron chi connectivity index (χ2n) is 6.26. The Kier molecular flexibility index (Phi) is 4.49. The molecule has 1 aromatic rings. The highest BCUT2D eigenvalue weighted by Crippen LogP contribution is 2.10. The summed E-state index contributed by atoms with van der Waals surface area (Å²) in [5.41, 5.74) is -0.137. The molecule has 0 bridgehead atoms. The number of aromatic amines is 1. The number of piperazine rings is 1. The van der Waals surface area contributed by atoms with Crippen LogP contribution in [-0.4, -0.2) is 64.1 Å². The van der Waals surface area contributed by atoms with Crippen LogP contribution in [0.1, 0.15) is 29.9 Å². The molecule has 6 heteroatoms. The van der Waals surface area contributed by atoms with E-state index in [1.807, 2.05) is 0 Å². The minimum absolute atomic E-state index is 0.191. The van der Waals surface area contributed by atoms with Gasteiger partial charge in [-0.1, -0.05) is 0 Å². The van der Waals surface area contributed by atoms with E-state index in [2.05, 4.69) is 9.88 Å². The molecule has 2 heterocycles. The van der Waals surface area contributed by atoms with Crippen LogP contribution >= 0.6 is 0 Å². The third-order valence-corrected chi connectivity index (χ3v) is 3.56. The van der Waals surface area contributed by atoms with Crippen LogP contribution in [0.15, 0.2) is 16.9 Å². The smallest absolute Gasteiger partial charge is 0.260 e. The molecule has 0 radical (unpaired) electrons. The van der Waals surface area contributed by atoms with Crippen molar-refractivity contribution in [1.82, 2.24) is 14.8 Å². The van der Waals surface area contributed by atoms with E-state index in [1.165, 1.54) is 0 Å². The van der Waals surface area contributed by atoms with Gasteiger partial charge in [0.2, 0.25) is 0 Å². The summed E-state index contributed by atoms with van der Waals surface area (Å²) >= 11 is 0. The van der Waals surface area contributed by atoms with E-state index >= 15 is 0 Å². The molecular weight excluding hydrogens is 270 g/mol. The van der Waals surface area contributed by atoms with Crippen LogP contribution in [0, 0.1) is 6.92 Å². The maximum atomic E-state index is 12.4. The Bertz CT molecular complexity index is 566. The first-order valence-corrected chi connectivity index (χ1v) is 7.20.